The van der Waals surface area contributed by atoms with Gasteiger partial charge in [0.15, 0.2) is 0 Å². The van der Waals surface area contributed by atoms with E-state index in [1.165, 1.54) is 16.6 Å². The molecule has 1 aromatic heterocycles. The topological polar surface area (TPSA) is 26.2 Å². The van der Waals surface area contributed by atoms with Crippen molar-refractivity contribution >= 4 is 10.9 Å². The molecule has 1 aromatic carbocycles. The Morgan fingerprint density at radius 3 is 2.81 bits per heavy atom. The number of fused-ring (bicyclic) bond motifs is 1. The van der Waals surface area contributed by atoms with E-state index in [1.807, 2.05) is 19.2 Å². The summed E-state index contributed by atoms with van der Waals surface area (Å²) in [5.41, 5.74) is 2.49. The molecule has 3 nitrogen and oxygen atoms in total. The third-order valence-corrected chi connectivity index (χ3v) is 2.86. The molecule has 0 spiro atoms. The smallest absolute Gasteiger partial charge is 0.143 e. The van der Waals surface area contributed by atoms with Crippen LogP contribution in [0.3, 0.4) is 0 Å². The zero-order chi connectivity index (χ0) is 11.5. The molecule has 0 bridgehead atoms. The molecule has 1 heterocycles. The third-order valence-electron chi connectivity index (χ3n) is 2.86. The Morgan fingerprint density at radius 1 is 1.38 bits per heavy atom. The molecule has 86 valence electrons. The summed E-state index contributed by atoms with van der Waals surface area (Å²) >= 11 is 0. The van der Waals surface area contributed by atoms with Gasteiger partial charge < -0.3 is 14.6 Å². The van der Waals surface area contributed by atoms with E-state index < -0.39 is 0 Å². The van der Waals surface area contributed by atoms with Crippen molar-refractivity contribution in [2.24, 2.45) is 0 Å². The van der Waals surface area contributed by atoms with Gasteiger partial charge in [-0.2, -0.15) is 0 Å². The van der Waals surface area contributed by atoms with Crippen LogP contribution in [-0.4, -0.2) is 18.7 Å². The summed E-state index contributed by atoms with van der Waals surface area (Å²) in [5, 5.41) is 4.44. The van der Waals surface area contributed by atoms with Gasteiger partial charge in [-0.05, 0) is 26.1 Å². The average Bonchev–Trinajstić information content (AvgIpc) is 2.66. The Hall–Kier alpha value is -1.48. The zero-order valence-electron chi connectivity index (χ0n) is 10.1. The molecular weight excluding hydrogens is 200 g/mol. The number of methoxy groups -OCH3 is 1. The molecule has 1 N–H and O–H groups in total. The molecule has 0 atom stereocenters. The molecule has 0 saturated carbocycles. The fourth-order valence-electron chi connectivity index (χ4n) is 2.20. The number of nitrogens with one attached hydrogen (secondary N) is 1. The van der Waals surface area contributed by atoms with Gasteiger partial charge in [0, 0.05) is 24.2 Å². The molecule has 2 rings (SSSR count). The number of aryl methyl sites for hydroxylation is 1. The first-order chi connectivity index (χ1) is 7.81. The van der Waals surface area contributed by atoms with E-state index in [0.29, 0.717) is 0 Å². The van der Waals surface area contributed by atoms with Crippen LogP contribution in [0.1, 0.15) is 12.6 Å². The molecule has 0 aliphatic carbocycles. The minimum absolute atomic E-state index is 0.881. The van der Waals surface area contributed by atoms with Gasteiger partial charge in [-0.3, -0.25) is 0 Å². The van der Waals surface area contributed by atoms with Crippen LogP contribution < -0.4 is 10.1 Å². The van der Waals surface area contributed by atoms with E-state index in [4.69, 9.17) is 4.74 Å². The van der Waals surface area contributed by atoms with E-state index in [-0.39, 0.29) is 0 Å². The van der Waals surface area contributed by atoms with Crippen molar-refractivity contribution in [1.82, 2.24) is 9.88 Å². The van der Waals surface area contributed by atoms with Crippen molar-refractivity contribution in [1.29, 1.82) is 0 Å². The molecule has 0 aliphatic rings. The molecule has 0 amide bonds. The van der Waals surface area contributed by atoms with E-state index in [2.05, 4.69) is 28.9 Å². The third kappa shape index (κ3) is 1.67. The lowest BCUT2D eigenvalue weighted by Crippen LogP contribution is -2.10. The minimum Gasteiger partial charge on any atom is -0.495 e. The van der Waals surface area contributed by atoms with Crippen LogP contribution in [0.15, 0.2) is 24.3 Å². The van der Waals surface area contributed by atoms with E-state index in [9.17, 15) is 0 Å². The molecule has 0 radical (unpaired) electrons. The maximum atomic E-state index is 5.42. The lowest BCUT2D eigenvalue weighted by molar-refractivity contribution is 0.417. The van der Waals surface area contributed by atoms with Crippen molar-refractivity contribution in [3.8, 4) is 5.75 Å². The Kier molecular flexibility index (Phi) is 3.15. The number of nitrogens with zero attached hydrogens (tertiary/aromatic N) is 1. The zero-order valence-corrected chi connectivity index (χ0v) is 10.1. The first-order valence-electron chi connectivity index (χ1n) is 5.61. The van der Waals surface area contributed by atoms with Gasteiger partial charge in [-0.1, -0.05) is 12.1 Å². The lowest BCUT2D eigenvalue weighted by Gasteiger charge is -2.09. The van der Waals surface area contributed by atoms with Crippen LogP contribution in [0.5, 0.6) is 5.75 Å². The first kappa shape index (κ1) is 11.0. The quantitative estimate of drug-likeness (QED) is 0.852. The predicted molar refractivity (Wildman–Crippen MR) is 66.9 cm³/mol. The van der Waals surface area contributed by atoms with Crippen LogP contribution in [0.2, 0.25) is 0 Å². The van der Waals surface area contributed by atoms with Crippen molar-refractivity contribution in [3.05, 3.63) is 30.0 Å². The highest BCUT2D eigenvalue weighted by Crippen LogP contribution is 2.28. The molecule has 2 aromatic rings. The standard InChI is InChI=1S/C13H18N2O/c1-4-15-11(9-14-2)8-10-6-5-7-12(16-3)13(10)15/h5-8,14H,4,9H2,1-3H3. The van der Waals surface area contributed by atoms with E-state index in [0.717, 1.165) is 18.8 Å². The fourth-order valence-corrected chi connectivity index (χ4v) is 2.20. The summed E-state index contributed by atoms with van der Waals surface area (Å²) in [6.07, 6.45) is 0. The SMILES string of the molecule is CCn1c(CNC)cc2cccc(OC)c21. The van der Waals surface area contributed by atoms with Gasteiger partial charge in [-0.25, -0.2) is 0 Å². The van der Waals surface area contributed by atoms with Gasteiger partial charge in [0.25, 0.3) is 0 Å². The Labute approximate surface area is 96.0 Å². The second kappa shape index (κ2) is 4.58. The van der Waals surface area contributed by atoms with Crippen molar-refractivity contribution in [2.45, 2.75) is 20.0 Å². The van der Waals surface area contributed by atoms with Gasteiger partial charge in [-0.15, -0.1) is 0 Å². The molecule has 0 saturated heterocycles. The normalized spacial score (nSPS) is 10.9. The van der Waals surface area contributed by atoms with Crippen molar-refractivity contribution < 1.29 is 4.74 Å². The average molecular weight is 218 g/mol. The van der Waals surface area contributed by atoms with E-state index >= 15 is 0 Å². The summed E-state index contributed by atoms with van der Waals surface area (Å²) in [4.78, 5) is 0. The number of hydrogen-bond acceptors (Lipinski definition) is 2. The van der Waals surface area contributed by atoms with Gasteiger partial charge in [0.2, 0.25) is 0 Å². The Balaban J connectivity index is 2.67. The second-order valence-electron chi connectivity index (χ2n) is 3.81. The van der Waals surface area contributed by atoms with Crippen molar-refractivity contribution in [3.63, 3.8) is 0 Å². The number of hydrogen-bond donors (Lipinski definition) is 1. The number of para-hydroxylation sites is 1. The summed E-state index contributed by atoms with van der Waals surface area (Å²) < 4.78 is 7.72. The Morgan fingerprint density at radius 2 is 2.19 bits per heavy atom. The predicted octanol–water partition coefficient (Wildman–Crippen LogP) is 2.39. The maximum absolute atomic E-state index is 5.42. The lowest BCUT2D eigenvalue weighted by atomic mass is 10.2. The fraction of sp³-hybridized carbons (Fsp3) is 0.385. The molecule has 16 heavy (non-hydrogen) atoms. The highest BCUT2D eigenvalue weighted by Gasteiger charge is 2.10. The molecule has 3 heteroatoms. The summed E-state index contributed by atoms with van der Waals surface area (Å²) in [6.45, 7) is 4.00. The number of aromatic nitrogens is 1. The molecule has 0 aliphatic heterocycles. The summed E-state index contributed by atoms with van der Waals surface area (Å²) in [7, 11) is 3.69. The Bertz CT molecular complexity index is 488. The second-order valence-corrected chi connectivity index (χ2v) is 3.81. The largest absolute Gasteiger partial charge is 0.495 e. The highest BCUT2D eigenvalue weighted by molar-refractivity contribution is 5.87. The summed E-state index contributed by atoms with van der Waals surface area (Å²) in [6, 6.07) is 8.39. The van der Waals surface area contributed by atoms with Crippen LogP contribution in [0.25, 0.3) is 10.9 Å². The first-order valence-corrected chi connectivity index (χ1v) is 5.61. The van der Waals surface area contributed by atoms with E-state index in [1.54, 1.807) is 7.11 Å². The minimum atomic E-state index is 0.881. The van der Waals surface area contributed by atoms with Gasteiger partial charge >= 0.3 is 0 Å². The summed E-state index contributed by atoms with van der Waals surface area (Å²) in [5.74, 6) is 0.946. The highest BCUT2D eigenvalue weighted by atomic mass is 16.5. The van der Waals surface area contributed by atoms with Gasteiger partial charge in [0.05, 0.1) is 12.6 Å². The van der Waals surface area contributed by atoms with Crippen LogP contribution in [0.4, 0.5) is 0 Å². The van der Waals surface area contributed by atoms with Crippen LogP contribution in [-0.2, 0) is 13.1 Å². The maximum Gasteiger partial charge on any atom is 0.143 e. The molecular formula is C13H18N2O. The number of ether oxygens (including phenoxy) is 1. The van der Waals surface area contributed by atoms with Crippen LogP contribution in [0, 0.1) is 0 Å². The van der Waals surface area contributed by atoms with Crippen LogP contribution >= 0.6 is 0 Å². The number of rotatable bonds is 4. The molecule has 0 unspecified atom stereocenters. The van der Waals surface area contributed by atoms with Crippen molar-refractivity contribution in [2.75, 3.05) is 14.2 Å². The van der Waals surface area contributed by atoms with Gasteiger partial charge in [0.1, 0.15) is 5.75 Å². The molecule has 0 fully saturated rings. The number of benzene rings is 1. The monoisotopic (exact) mass is 218 g/mol.